The number of piperidine rings is 1. The van der Waals surface area contributed by atoms with Crippen molar-refractivity contribution in [3.63, 3.8) is 0 Å². The minimum Gasteiger partial charge on any atom is -0.484 e. The Morgan fingerprint density at radius 3 is 2.77 bits per heavy atom. The minimum atomic E-state index is 0.0566. The third-order valence-electron chi connectivity index (χ3n) is 5.14. The second-order valence-electron chi connectivity index (χ2n) is 6.90. The number of rotatable bonds is 4. The van der Waals surface area contributed by atoms with E-state index in [1.165, 1.54) is 11.1 Å². The number of carbonyl (C=O) groups is 1. The predicted molar refractivity (Wildman–Crippen MR) is 101 cm³/mol. The maximum atomic E-state index is 12.4. The number of aromatic amines is 1. The fourth-order valence-electron chi connectivity index (χ4n) is 3.60. The lowest BCUT2D eigenvalue weighted by Crippen LogP contribution is -2.40. The second kappa shape index (κ2) is 7.20. The molecular weight excluding hydrogens is 326 g/mol. The maximum absolute atomic E-state index is 12.4. The van der Waals surface area contributed by atoms with Crippen molar-refractivity contribution in [3.05, 3.63) is 59.9 Å². The Labute approximate surface area is 153 Å². The van der Waals surface area contributed by atoms with Gasteiger partial charge in [0, 0.05) is 25.5 Å². The Kier molecular flexibility index (Phi) is 4.61. The van der Waals surface area contributed by atoms with E-state index < -0.39 is 0 Å². The first kappa shape index (κ1) is 16.6. The highest BCUT2D eigenvalue weighted by atomic mass is 16.5. The van der Waals surface area contributed by atoms with Crippen LogP contribution in [0.4, 0.5) is 0 Å². The predicted octanol–water partition coefficient (Wildman–Crippen LogP) is 3.66. The molecule has 1 fully saturated rings. The monoisotopic (exact) mass is 349 g/mol. The molecule has 134 valence electrons. The van der Waals surface area contributed by atoms with Crippen LogP contribution in [0.5, 0.6) is 5.75 Å². The molecule has 26 heavy (non-hydrogen) atoms. The van der Waals surface area contributed by atoms with Crippen molar-refractivity contribution in [2.24, 2.45) is 0 Å². The SMILES string of the molecule is Cc1ccc(OCC(=O)N2CCC(c3c[nH]c4cccnc34)CC2)cc1. The first-order valence-corrected chi connectivity index (χ1v) is 9.10. The Hall–Kier alpha value is -2.82. The van der Waals surface area contributed by atoms with Crippen LogP contribution in [0.15, 0.2) is 48.8 Å². The summed E-state index contributed by atoms with van der Waals surface area (Å²) in [5, 5.41) is 0. The fraction of sp³-hybridized carbons (Fsp3) is 0.333. The molecule has 0 radical (unpaired) electrons. The number of hydrogen-bond donors (Lipinski definition) is 1. The molecule has 2 aromatic heterocycles. The molecule has 4 rings (SSSR count). The van der Waals surface area contributed by atoms with Crippen molar-refractivity contribution < 1.29 is 9.53 Å². The molecule has 1 aromatic carbocycles. The van der Waals surface area contributed by atoms with Gasteiger partial charge in [-0.05, 0) is 55.5 Å². The maximum Gasteiger partial charge on any atom is 0.260 e. The van der Waals surface area contributed by atoms with E-state index in [1.54, 1.807) is 0 Å². The van der Waals surface area contributed by atoms with Crippen LogP contribution in [-0.4, -0.2) is 40.5 Å². The number of hydrogen-bond acceptors (Lipinski definition) is 3. The number of H-pyrrole nitrogens is 1. The number of ether oxygens (including phenoxy) is 1. The van der Waals surface area contributed by atoms with Crippen molar-refractivity contribution in [2.45, 2.75) is 25.7 Å². The molecule has 3 aromatic rings. The molecule has 5 heteroatoms. The van der Waals surface area contributed by atoms with Crippen LogP contribution in [0, 0.1) is 6.92 Å². The molecular formula is C21H23N3O2. The number of carbonyl (C=O) groups excluding carboxylic acids is 1. The van der Waals surface area contributed by atoms with Crippen molar-refractivity contribution in [3.8, 4) is 5.75 Å². The number of aryl methyl sites for hydroxylation is 1. The van der Waals surface area contributed by atoms with Gasteiger partial charge in [-0.25, -0.2) is 0 Å². The van der Waals surface area contributed by atoms with E-state index in [0.29, 0.717) is 5.92 Å². The van der Waals surface area contributed by atoms with E-state index >= 15 is 0 Å². The van der Waals surface area contributed by atoms with Gasteiger partial charge in [-0.3, -0.25) is 9.78 Å². The Morgan fingerprint density at radius 1 is 1.23 bits per heavy atom. The zero-order valence-electron chi connectivity index (χ0n) is 14.9. The Bertz CT molecular complexity index is 893. The smallest absolute Gasteiger partial charge is 0.260 e. The molecule has 1 aliphatic heterocycles. The summed E-state index contributed by atoms with van der Waals surface area (Å²) in [6.45, 7) is 3.66. The fourth-order valence-corrected chi connectivity index (χ4v) is 3.60. The van der Waals surface area contributed by atoms with Gasteiger partial charge in [-0.2, -0.15) is 0 Å². The molecule has 0 atom stereocenters. The normalized spacial score (nSPS) is 15.3. The van der Waals surface area contributed by atoms with E-state index in [-0.39, 0.29) is 12.5 Å². The van der Waals surface area contributed by atoms with Crippen LogP contribution in [-0.2, 0) is 4.79 Å². The lowest BCUT2D eigenvalue weighted by Gasteiger charge is -2.31. The topological polar surface area (TPSA) is 58.2 Å². The summed E-state index contributed by atoms with van der Waals surface area (Å²) in [6, 6.07) is 11.8. The summed E-state index contributed by atoms with van der Waals surface area (Å²) in [5.74, 6) is 1.24. The van der Waals surface area contributed by atoms with E-state index in [2.05, 4.69) is 16.2 Å². The van der Waals surface area contributed by atoms with E-state index in [1.807, 2.05) is 54.4 Å². The van der Waals surface area contributed by atoms with Crippen molar-refractivity contribution in [2.75, 3.05) is 19.7 Å². The lowest BCUT2D eigenvalue weighted by atomic mass is 9.90. The number of amides is 1. The quantitative estimate of drug-likeness (QED) is 0.782. The standard InChI is InChI=1S/C21H23N3O2/c1-15-4-6-17(7-5-15)26-14-20(25)24-11-8-16(9-12-24)18-13-23-19-3-2-10-22-21(18)19/h2-7,10,13,16,23H,8-9,11-12,14H2,1H3. The second-order valence-corrected chi connectivity index (χ2v) is 6.90. The Balaban J connectivity index is 1.33. The largest absolute Gasteiger partial charge is 0.484 e. The van der Waals surface area contributed by atoms with Crippen molar-refractivity contribution >= 4 is 16.9 Å². The van der Waals surface area contributed by atoms with Gasteiger partial charge in [0.15, 0.2) is 6.61 Å². The third-order valence-corrected chi connectivity index (χ3v) is 5.14. The molecule has 1 saturated heterocycles. The van der Waals surface area contributed by atoms with Crippen LogP contribution < -0.4 is 4.74 Å². The van der Waals surface area contributed by atoms with Crippen molar-refractivity contribution in [1.82, 2.24) is 14.9 Å². The summed E-state index contributed by atoms with van der Waals surface area (Å²) in [6.07, 6.45) is 5.82. The van der Waals surface area contributed by atoms with Crippen molar-refractivity contribution in [1.29, 1.82) is 0 Å². The molecule has 0 unspecified atom stereocenters. The van der Waals surface area contributed by atoms with Gasteiger partial charge in [0.1, 0.15) is 5.75 Å². The molecule has 0 spiro atoms. The van der Waals surface area contributed by atoms with Crippen LogP contribution in [0.25, 0.3) is 11.0 Å². The van der Waals surface area contributed by atoms with Gasteiger partial charge in [0.2, 0.25) is 0 Å². The number of pyridine rings is 1. The van der Waals surface area contributed by atoms with Gasteiger partial charge >= 0.3 is 0 Å². The molecule has 1 amide bonds. The number of benzene rings is 1. The highest BCUT2D eigenvalue weighted by molar-refractivity contribution is 5.80. The zero-order chi connectivity index (χ0) is 17.9. The first-order chi connectivity index (χ1) is 12.7. The minimum absolute atomic E-state index is 0.0566. The van der Waals surface area contributed by atoms with Gasteiger partial charge in [0.05, 0.1) is 11.0 Å². The summed E-state index contributed by atoms with van der Waals surface area (Å²) in [4.78, 5) is 22.1. The third kappa shape index (κ3) is 3.43. The molecule has 0 aliphatic carbocycles. The van der Waals surface area contributed by atoms with Crippen LogP contribution in [0.1, 0.15) is 29.9 Å². The molecule has 0 bridgehead atoms. The van der Waals surface area contributed by atoms with Gasteiger partial charge in [-0.1, -0.05) is 17.7 Å². The van der Waals surface area contributed by atoms with Crippen LogP contribution in [0.3, 0.4) is 0 Å². The van der Waals surface area contributed by atoms with E-state index in [0.717, 1.165) is 42.7 Å². The molecule has 1 aliphatic rings. The Morgan fingerprint density at radius 2 is 2.00 bits per heavy atom. The highest BCUT2D eigenvalue weighted by Gasteiger charge is 2.26. The summed E-state index contributed by atoms with van der Waals surface area (Å²) < 4.78 is 5.63. The average molecular weight is 349 g/mol. The van der Waals surface area contributed by atoms with Crippen LogP contribution >= 0.6 is 0 Å². The summed E-state index contributed by atoms with van der Waals surface area (Å²) in [5.41, 5.74) is 4.58. The average Bonchev–Trinajstić information content (AvgIpc) is 3.11. The molecule has 5 nitrogen and oxygen atoms in total. The number of likely N-dealkylation sites (tertiary alicyclic amines) is 1. The highest BCUT2D eigenvalue weighted by Crippen LogP contribution is 2.32. The van der Waals surface area contributed by atoms with Gasteiger partial charge in [0.25, 0.3) is 5.91 Å². The number of nitrogens with one attached hydrogen (secondary N) is 1. The van der Waals surface area contributed by atoms with E-state index in [4.69, 9.17) is 4.74 Å². The van der Waals surface area contributed by atoms with Gasteiger partial charge < -0.3 is 14.6 Å². The first-order valence-electron chi connectivity index (χ1n) is 9.10. The molecule has 0 saturated carbocycles. The number of nitrogens with zero attached hydrogens (tertiary/aromatic N) is 2. The zero-order valence-corrected chi connectivity index (χ0v) is 14.9. The lowest BCUT2D eigenvalue weighted by molar-refractivity contribution is -0.134. The van der Waals surface area contributed by atoms with Crippen LogP contribution in [0.2, 0.25) is 0 Å². The molecule has 1 N–H and O–H groups in total. The van der Waals surface area contributed by atoms with E-state index in [9.17, 15) is 4.79 Å². The molecule has 3 heterocycles. The number of fused-ring (bicyclic) bond motifs is 1. The summed E-state index contributed by atoms with van der Waals surface area (Å²) >= 11 is 0. The van der Waals surface area contributed by atoms with Gasteiger partial charge in [-0.15, -0.1) is 0 Å². The summed E-state index contributed by atoms with van der Waals surface area (Å²) in [7, 11) is 0. The number of aromatic nitrogens is 2.